The Balaban J connectivity index is 0.00000441. The zero-order valence-corrected chi connectivity index (χ0v) is 15.2. The fraction of sp³-hybridized carbons (Fsp3) is 0.875. The Morgan fingerprint density at radius 3 is 2.45 bits per heavy atom. The predicted octanol–water partition coefficient (Wildman–Crippen LogP) is 2.08. The number of hydrogen-bond acceptors (Lipinski definition) is 3. The van der Waals surface area contributed by atoms with Crippen molar-refractivity contribution in [2.45, 2.75) is 71.4 Å². The van der Waals surface area contributed by atoms with E-state index in [4.69, 9.17) is 5.73 Å². The molecule has 3 N–H and O–H groups in total. The second kappa shape index (κ2) is 9.36. The van der Waals surface area contributed by atoms with Gasteiger partial charge in [0.15, 0.2) is 0 Å². The second-order valence-electron chi connectivity index (χ2n) is 6.27. The van der Waals surface area contributed by atoms with E-state index in [2.05, 4.69) is 19.2 Å². The summed E-state index contributed by atoms with van der Waals surface area (Å²) < 4.78 is 0. The van der Waals surface area contributed by atoms with Crippen LogP contribution in [0.25, 0.3) is 0 Å². The van der Waals surface area contributed by atoms with Crippen LogP contribution in [0, 0.1) is 5.92 Å². The summed E-state index contributed by atoms with van der Waals surface area (Å²) in [4.78, 5) is 26.4. The monoisotopic (exact) mass is 333 g/mol. The number of nitrogens with zero attached hydrogens (tertiary/aromatic N) is 1. The number of hydrogen-bond donors (Lipinski definition) is 2. The van der Waals surface area contributed by atoms with Crippen LogP contribution in [0.2, 0.25) is 0 Å². The molecule has 0 saturated carbocycles. The highest BCUT2D eigenvalue weighted by Gasteiger charge is 2.38. The normalized spacial score (nSPS) is 19.8. The largest absolute Gasteiger partial charge is 0.349 e. The first-order valence-electron chi connectivity index (χ1n) is 8.24. The lowest BCUT2D eigenvalue weighted by Gasteiger charge is -2.32. The van der Waals surface area contributed by atoms with E-state index >= 15 is 0 Å². The van der Waals surface area contributed by atoms with Crippen LogP contribution in [-0.4, -0.2) is 41.4 Å². The lowest BCUT2D eigenvalue weighted by atomic mass is 9.91. The molecule has 2 amide bonds. The maximum Gasteiger partial charge on any atom is 0.225 e. The average molecular weight is 334 g/mol. The zero-order valence-electron chi connectivity index (χ0n) is 14.4. The average Bonchev–Trinajstić information content (AvgIpc) is 2.87. The molecule has 1 aliphatic heterocycles. The van der Waals surface area contributed by atoms with E-state index in [-0.39, 0.29) is 41.7 Å². The Kier molecular flexibility index (Phi) is 9.01. The fourth-order valence-electron chi connectivity index (χ4n) is 3.04. The highest BCUT2D eigenvalue weighted by molar-refractivity contribution is 5.89. The molecule has 0 aromatic heterocycles. The van der Waals surface area contributed by atoms with E-state index in [0.29, 0.717) is 19.5 Å². The summed E-state index contributed by atoms with van der Waals surface area (Å²) in [7, 11) is 0. The van der Waals surface area contributed by atoms with Crippen LogP contribution < -0.4 is 11.1 Å². The van der Waals surface area contributed by atoms with Crippen molar-refractivity contribution in [1.82, 2.24) is 10.2 Å². The Labute approximate surface area is 140 Å². The van der Waals surface area contributed by atoms with Crippen LogP contribution >= 0.6 is 12.4 Å². The van der Waals surface area contributed by atoms with Crippen molar-refractivity contribution in [2.24, 2.45) is 11.7 Å². The Hall–Kier alpha value is -0.810. The van der Waals surface area contributed by atoms with Gasteiger partial charge in [-0.15, -0.1) is 12.4 Å². The van der Waals surface area contributed by atoms with Gasteiger partial charge < -0.3 is 16.0 Å². The molecule has 1 rings (SSSR count). The maximum absolute atomic E-state index is 12.5. The quantitative estimate of drug-likeness (QED) is 0.714. The minimum atomic E-state index is -0.331. The van der Waals surface area contributed by atoms with Crippen molar-refractivity contribution in [3.63, 3.8) is 0 Å². The van der Waals surface area contributed by atoms with Crippen LogP contribution in [-0.2, 0) is 9.59 Å². The van der Waals surface area contributed by atoms with Crippen molar-refractivity contribution in [2.75, 3.05) is 13.1 Å². The molecular formula is C16H32ClN3O2. The van der Waals surface area contributed by atoms with Gasteiger partial charge >= 0.3 is 0 Å². The Bertz CT molecular complexity index is 364. The summed E-state index contributed by atoms with van der Waals surface area (Å²) in [5.74, 6) is -0.160. The first-order chi connectivity index (χ1) is 9.92. The Morgan fingerprint density at radius 1 is 1.41 bits per heavy atom. The number of nitrogens with one attached hydrogen (secondary N) is 1. The highest BCUT2D eigenvalue weighted by atomic mass is 35.5. The van der Waals surface area contributed by atoms with Gasteiger partial charge in [0.25, 0.3) is 0 Å². The van der Waals surface area contributed by atoms with Crippen molar-refractivity contribution < 1.29 is 9.59 Å². The molecule has 1 heterocycles. The van der Waals surface area contributed by atoms with Crippen LogP contribution in [0.5, 0.6) is 0 Å². The topological polar surface area (TPSA) is 75.4 Å². The zero-order chi connectivity index (χ0) is 16.0. The minimum Gasteiger partial charge on any atom is -0.349 e. The van der Waals surface area contributed by atoms with Crippen LogP contribution in [0.4, 0.5) is 0 Å². The van der Waals surface area contributed by atoms with Gasteiger partial charge in [-0.25, -0.2) is 0 Å². The summed E-state index contributed by atoms with van der Waals surface area (Å²) >= 11 is 0. The summed E-state index contributed by atoms with van der Waals surface area (Å²) in [5, 5.41) is 3.09. The summed E-state index contributed by atoms with van der Waals surface area (Å²) in [6, 6.07) is 0.219. The van der Waals surface area contributed by atoms with E-state index in [1.54, 1.807) is 0 Å². The van der Waals surface area contributed by atoms with Crippen LogP contribution in [0.3, 0.4) is 0 Å². The van der Waals surface area contributed by atoms with Crippen molar-refractivity contribution in [3.8, 4) is 0 Å². The third-order valence-electron chi connectivity index (χ3n) is 4.90. The lowest BCUT2D eigenvalue weighted by molar-refractivity contribution is -0.130. The minimum absolute atomic E-state index is 0. The van der Waals surface area contributed by atoms with Crippen molar-refractivity contribution in [1.29, 1.82) is 0 Å². The number of carbonyl (C=O) groups excluding carboxylic acids is 2. The first-order valence-corrected chi connectivity index (χ1v) is 8.24. The van der Waals surface area contributed by atoms with Gasteiger partial charge in [0.2, 0.25) is 11.8 Å². The molecule has 6 heteroatoms. The fourth-order valence-corrected chi connectivity index (χ4v) is 3.04. The predicted molar refractivity (Wildman–Crippen MR) is 91.9 cm³/mol. The molecular weight excluding hydrogens is 302 g/mol. The number of carbonyl (C=O) groups is 2. The molecule has 2 unspecified atom stereocenters. The van der Waals surface area contributed by atoms with Gasteiger partial charge in [-0.1, -0.05) is 27.2 Å². The molecule has 0 radical (unpaired) electrons. The number of amides is 2. The molecule has 22 heavy (non-hydrogen) atoms. The molecule has 5 nitrogen and oxygen atoms in total. The highest BCUT2D eigenvalue weighted by Crippen LogP contribution is 2.24. The van der Waals surface area contributed by atoms with Gasteiger partial charge in [-0.3, -0.25) is 9.59 Å². The third-order valence-corrected chi connectivity index (χ3v) is 4.90. The van der Waals surface area contributed by atoms with E-state index in [1.807, 2.05) is 18.7 Å². The van der Waals surface area contributed by atoms with Crippen molar-refractivity contribution in [3.05, 3.63) is 0 Å². The molecule has 2 atom stereocenters. The van der Waals surface area contributed by atoms with Crippen molar-refractivity contribution >= 4 is 24.2 Å². The van der Waals surface area contributed by atoms with Gasteiger partial charge in [-0.05, 0) is 26.2 Å². The first kappa shape index (κ1) is 21.2. The SMILES string of the molecule is CCCC(C)N1CC(C(=O)NC(CC)(CC)CN)CC1=O.Cl. The van der Waals surface area contributed by atoms with E-state index < -0.39 is 0 Å². The molecule has 130 valence electrons. The summed E-state index contributed by atoms with van der Waals surface area (Å²) in [5.41, 5.74) is 5.50. The number of rotatable bonds is 8. The van der Waals surface area contributed by atoms with E-state index in [0.717, 1.165) is 25.7 Å². The van der Waals surface area contributed by atoms with Gasteiger partial charge in [0, 0.05) is 25.6 Å². The number of likely N-dealkylation sites (tertiary alicyclic amines) is 1. The summed E-state index contributed by atoms with van der Waals surface area (Å²) in [6.45, 7) is 9.21. The Morgan fingerprint density at radius 2 is 2.00 bits per heavy atom. The smallest absolute Gasteiger partial charge is 0.225 e. The summed E-state index contributed by atoms with van der Waals surface area (Å²) in [6.07, 6.45) is 3.97. The molecule has 0 spiro atoms. The molecule has 0 bridgehead atoms. The van der Waals surface area contributed by atoms with Gasteiger partial charge in [0.05, 0.1) is 11.5 Å². The van der Waals surface area contributed by atoms with Crippen LogP contribution in [0.1, 0.15) is 59.8 Å². The molecule has 1 saturated heterocycles. The standard InChI is InChI=1S/C16H31N3O2.ClH/c1-5-8-12(4)19-10-13(9-14(19)20)15(21)18-16(6-2,7-3)11-17;/h12-13H,5-11,17H2,1-4H3,(H,18,21);1H. The number of nitrogens with two attached hydrogens (primary N) is 1. The van der Waals surface area contributed by atoms with Gasteiger partial charge in [-0.2, -0.15) is 0 Å². The van der Waals surface area contributed by atoms with E-state index in [9.17, 15) is 9.59 Å². The molecule has 0 aromatic carbocycles. The molecule has 1 aliphatic rings. The van der Waals surface area contributed by atoms with Gasteiger partial charge in [0.1, 0.15) is 0 Å². The lowest BCUT2D eigenvalue weighted by Crippen LogP contribution is -2.54. The molecule has 0 aliphatic carbocycles. The third kappa shape index (κ3) is 4.85. The second-order valence-corrected chi connectivity index (χ2v) is 6.27. The van der Waals surface area contributed by atoms with E-state index in [1.165, 1.54) is 0 Å². The molecule has 0 aromatic rings. The van der Waals surface area contributed by atoms with Crippen LogP contribution in [0.15, 0.2) is 0 Å². The molecule has 1 fully saturated rings. The maximum atomic E-state index is 12.5. The number of halogens is 1.